The van der Waals surface area contributed by atoms with Crippen molar-refractivity contribution in [2.24, 2.45) is 0 Å². The summed E-state index contributed by atoms with van der Waals surface area (Å²) in [5, 5.41) is 14.1. The molecule has 0 aliphatic heterocycles. The minimum Gasteiger partial charge on any atom is -0.386 e. The molecule has 2 aromatic rings. The largest absolute Gasteiger partial charge is 0.386 e. The summed E-state index contributed by atoms with van der Waals surface area (Å²) in [5.41, 5.74) is 2.27. The van der Waals surface area contributed by atoms with Gasteiger partial charge in [0.15, 0.2) is 0 Å². The third kappa shape index (κ3) is 3.17. The minimum atomic E-state index is -0.495. The third-order valence-electron chi connectivity index (χ3n) is 2.82. The van der Waals surface area contributed by atoms with Crippen LogP contribution >= 0.6 is 0 Å². The number of aromatic nitrogens is 2. The van der Waals surface area contributed by atoms with Gasteiger partial charge in [-0.1, -0.05) is 37.6 Å². The molecule has 0 fully saturated rings. The van der Waals surface area contributed by atoms with Crippen LogP contribution in [-0.4, -0.2) is 14.9 Å². The van der Waals surface area contributed by atoms with Crippen LogP contribution in [0.1, 0.15) is 30.6 Å². The van der Waals surface area contributed by atoms with E-state index in [1.807, 2.05) is 24.4 Å². The molecule has 0 saturated heterocycles. The molecule has 1 heterocycles. The Morgan fingerprint density at radius 3 is 2.65 bits per heavy atom. The van der Waals surface area contributed by atoms with Gasteiger partial charge in [-0.25, -0.2) is 0 Å². The molecule has 0 bridgehead atoms. The van der Waals surface area contributed by atoms with E-state index in [1.54, 1.807) is 10.9 Å². The normalized spacial score (nSPS) is 12.6. The Labute approximate surface area is 102 Å². The van der Waals surface area contributed by atoms with Crippen molar-refractivity contribution < 1.29 is 5.11 Å². The van der Waals surface area contributed by atoms with Crippen LogP contribution in [0, 0.1) is 0 Å². The quantitative estimate of drug-likeness (QED) is 0.857. The average molecular weight is 230 g/mol. The lowest BCUT2D eigenvalue weighted by molar-refractivity contribution is 0.151. The van der Waals surface area contributed by atoms with E-state index in [-0.39, 0.29) is 0 Å². The second kappa shape index (κ2) is 5.64. The molecule has 0 aliphatic rings. The topological polar surface area (TPSA) is 38.0 Å². The Morgan fingerprint density at radius 1 is 1.29 bits per heavy atom. The van der Waals surface area contributed by atoms with E-state index in [1.165, 1.54) is 5.56 Å². The monoisotopic (exact) mass is 230 g/mol. The van der Waals surface area contributed by atoms with Gasteiger partial charge in [0.2, 0.25) is 0 Å². The summed E-state index contributed by atoms with van der Waals surface area (Å²) < 4.78 is 1.74. The van der Waals surface area contributed by atoms with Crippen molar-refractivity contribution in [1.82, 2.24) is 9.78 Å². The highest BCUT2D eigenvalue weighted by Crippen LogP contribution is 2.16. The van der Waals surface area contributed by atoms with Crippen molar-refractivity contribution in [1.29, 1.82) is 0 Å². The Hall–Kier alpha value is -1.61. The van der Waals surface area contributed by atoms with Crippen molar-refractivity contribution in [3.05, 3.63) is 53.9 Å². The Bertz CT molecular complexity index is 434. The SMILES string of the molecule is CCCc1ccc(C(O)Cn2cccn2)cc1. The zero-order valence-corrected chi connectivity index (χ0v) is 10.1. The van der Waals surface area contributed by atoms with Crippen LogP contribution in [0.3, 0.4) is 0 Å². The van der Waals surface area contributed by atoms with E-state index >= 15 is 0 Å². The van der Waals surface area contributed by atoms with Gasteiger partial charge in [-0.05, 0) is 23.6 Å². The number of hydrogen-bond acceptors (Lipinski definition) is 2. The highest BCUT2D eigenvalue weighted by molar-refractivity contribution is 5.24. The van der Waals surface area contributed by atoms with E-state index in [0.29, 0.717) is 6.54 Å². The number of aryl methyl sites for hydroxylation is 1. The first kappa shape index (κ1) is 11.9. The Balaban J connectivity index is 2.01. The maximum atomic E-state index is 10.1. The van der Waals surface area contributed by atoms with E-state index in [2.05, 4.69) is 24.2 Å². The summed E-state index contributed by atoms with van der Waals surface area (Å²) >= 11 is 0. The van der Waals surface area contributed by atoms with Gasteiger partial charge in [-0.15, -0.1) is 0 Å². The van der Waals surface area contributed by atoms with Gasteiger partial charge in [-0.3, -0.25) is 4.68 Å². The molecule has 0 aliphatic carbocycles. The molecule has 90 valence electrons. The van der Waals surface area contributed by atoms with Gasteiger partial charge in [0, 0.05) is 12.4 Å². The molecular weight excluding hydrogens is 212 g/mol. The van der Waals surface area contributed by atoms with Crippen LogP contribution in [0.15, 0.2) is 42.7 Å². The lowest BCUT2D eigenvalue weighted by Crippen LogP contribution is -2.09. The van der Waals surface area contributed by atoms with Crippen molar-refractivity contribution in [2.75, 3.05) is 0 Å². The summed E-state index contributed by atoms with van der Waals surface area (Å²) in [5.74, 6) is 0. The molecule has 3 nitrogen and oxygen atoms in total. The first-order valence-electron chi connectivity index (χ1n) is 6.04. The summed E-state index contributed by atoms with van der Waals surface area (Å²) in [6.07, 6.45) is 5.32. The van der Waals surface area contributed by atoms with Crippen LogP contribution in [0.25, 0.3) is 0 Å². The lowest BCUT2D eigenvalue weighted by atomic mass is 10.0. The molecule has 17 heavy (non-hydrogen) atoms. The zero-order valence-electron chi connectivity index (χ0n) is 10.1. The number of nitrogens with zero attached hydrogens (tertiary/aromatic N) is 2. The lowest BCUT2D eigenvalue weighted by Gasteiger charge is -2.11. The van der Waals surface area contributed by atoms with Crippen molar-refractivity contribution >= 4 is 0 Å². The predicted molar refractivity (Wildman–Crippen MR) is 67.6 cm³/mol. The molecule has 0 amide bonds. The van der Waals surface area contributed by atoms with Crippen LogP contribution in [0.5, 0.6) is 0 Å². The van der Waals surface area contributed by atoms with Gasteiger partial charge < -0.3 is 5.11 Å². The number of rotatable bonds is 5. The van der Waals surface area contributed by atoms with Crippen LogP contribution in [0.2, 0.25) is 0 Å². The highest BCUT2D eigenvalue weighted by Gasteiger charge is 2.08. The molecule has 3 heteroatoms. The number of benzene rings is 1. The maximum Gasteiger partial charge on any atom is 0.0985 e. The molecule has 0 saturated carbocycles. The third-order valence-corrected chi connectivity index (χ3v) is 2.82. The first-order chi connectivity index (χ1) is 8.29. The van der Waals surface area contributed by atoms with Gasteiger partial charge in [0.1, 0.15) is 0 Å². The van der Waals surface area contributed by atoms with Crippen molar-refractivity contribution in [2.45, 2.75) is 32.4 Å². The van der Waals surface area contributed by atoms with E-state index in [4.69, 9.17) is 0 Å². The molecule has 1 aromatic carbocycles. The summed E-state index contributed by atoms with van der Waals surface area (Å²) in [4.78, 5) is 0. The fraction of sp³-hybridized carbons (Fsp3) is 0.357. The van der Waals surface area contributed by atoms with E-state index in [0.717, 1.165) is 18.4 Å². The standard InChI is InChI=1S/C14H18N2O/c1-2-4-12-5-7-13(8-6-12)14(17)11-16-10-3-9-15-16/h3,5-10,14,17H,2,4,11H2,1H3. The number of aliphatic hydroxyl groups excluding tert-OH is 1. The van der Waals surface area contributed by atoms with Gasteiger partial charge in [-0.2, -0.15) is 5.10 Å². The molecule has 0 radical (unpaired) electrons. The minimum absolute atomic E-state index is 0.495. The molecule has 1 unspecified atom stereocenters. The Morgan fingerprint density at radius 2 is 2.06 bits per heavy atom. The van der Waals surface area contributed by atoms with Crippen molar-refractivity contribution in [3.8, 4) is 0 Å². The average Bonchev–Trinajstić information content (AvgIpc) is 2.83. The first-order valence-corrected chi connectivity index (χ1v) is 6.04. The number of hydrogen-bond donors (Lipinski definition) is 1. The molecule has 1 atom stereocenters. The second-order valence-corrected chi connectivity index (χ2v) is 4.24. The van der Waals surface area contributed by atoms with Gasteiger partial charge in [0.25, 0.3) is 0 Å². The fourth-order valence-corrected chi connectivity index (χ4v) is 1.89. The maximum absolute atomic E-state index is 10.1. The fourth-order valence-electron chi connectivity index (χ4n) is 1.89. The van der Waals surface area contributed by atoms with Crippen LogP contribution < -0.4 is 0 Å². The van der Waals surface area contributed by atoms with Crippen LogP contribution in [-0.2, 0) is 13.0 Å². The van der Waals surface area contributed by atoms with Crippen LogP contribution in [0.4, 0.5) is 0 Å². The van der Waals surface area contributed by atoms with Gasteiger partial charge >= 0.3 is 0 Å². The smallest absolute Gasteiger partial charge is 0.0985 e. The summed E-state index contributed by atoms with van der Waals surface area (Å²) in [7, 11) is 0. The summed E-state index contributed by atoms with van der Waals surface area (Å²) in [6, 6.07) is 10.0. The van der Waals surface area contributed by atoms with Crippen molar-refractivity contribution in [3.63, 3.8) is 0 Å². The van der Waals surface area contributed by atoms with Gasteiger partial charge in [0.05, 0.1) is 12.6 Å². The van der Waals surface area contributed by atoms with E-state index in [9.17, 15) is 5.11 Å². The number of aliphatic hydroxyl groups is 1. The second-order valence-electron chi connectivity index (χ2n) is 4.24. The Kier molecular flexibility index (Phi) is 3.94. The highest BCUT2D eigenvalue weighted by atomic mass is 16.3. The predicted octanol–water partition coefficient (Wildman–Crippen LogP) is 2.57. The molecule has 1 aromatic heterocycles. The zero-order chi connectivity index (χ0) is 12.1. The molecular formula is C14H18N2O. The summed E-state index contributed by atoms with van der Waals surface area (Å²) in [6.45, 7) is 2.67. The molecule has 1 N–H and O–H groups in total. The molecule has 0 spiro atoms. The van der Waals surface area contributed by atoms with E-state index < -0.39 is 6.10 Å². The molecule has 2 rings (SSSR count).